The number of aliphatic hydroxyl groups excluding tert-OH is 1. The highest BCUT2D eigenvalue weighted by Crippen LogP contribution is 2.32. The molecular formula is C16H23NO4. The summed E-state index contributed by atoms with van der Waals surface area (Å²) in [6.45, 7) is 6.41. The predicted octanol–water partition coefficient (Wildman–Crippen LogP) is 1.60. The Labute approximate surface area is 125 Å². The third-order valence-corrected chi connectivity index (χ3v) is 4.06. The number of fused-ring (bicyclic) bond motifs is 1. The van der Waals surface area contributed by atoms with Crippen molar-refractivity contribution in [2.75, 3.05) is 39.5 Å². The molecule has 0 saturated carbocycles. The number of ether oxygens (including phenoxy) is 3. The fraction of sp³-hybridized carbons (Fsp3) is 0.625. The molecule has 3 rings (SSSR count). The van der Waals surface area contributed by atoms with Crippen molar-refractivity contribution >= 4 is 0 Å². The SMILES string of the molecule is CCC1CN(CC(O)c2ccc3c(c2)OCCO3)CCO1. The molecule has 5 heteroatoms. The summed E-state index contributed by atoms with van der Waals surface area (Å²) in [5, 5.41) is 10.5. The summed E-state index contributed by atoms with van der Waals surface area (Å²) in [5.41, 5.74) is 0.874. The molecule has 21 heavy (non-hydrogen) atoms. The van der Waals surface area contributed by atoms with E-state index in [1.165, 1.54) is 0 Å². The Balaban J connectivity index is 1.63. The molecule has 0 radical (unpaired) electrons. The molecular weight excluding hydrogens is 270 g/mol. The van der Waals surface area contributed by atoms with Gasteiger partial charge in [-0.3, -0.25) is 4.90 Å². The molecule has 0 aliphatic carbocycles. The highest BCUT2D eigenvalue weighted by atomic mass is 16.6. The first-order chi connectivity index (χ1) is 10.3. The van der Waals surface area contributed by atoms with Crippen molar-refractivity contribution in [2.24, 2.45) is 0 Å². The van der Waals surface area contributed by atoms with Crippen LogP contribution in [0.15, 0.2) is 18.2 Å². The number of hydrogen-bond donors (Lipinski definition) is 1. The maximum atomic E-state index is 10.5. The number of benzene rings is 1. The molecule has 0 amide bonds. The van der Waals surface area contributed by atoms with Gasteiger partial charge in [-0.05, 0) is 24.1 Å². The summed E-state index contributed by atoms with van der Waals surface area (Å²) in [6, 6.07) is 5.67. The summed E-state index contributed by atoms with van der Waals surface area (Å²) in [5.74, 6) is 1.49. The minimum Gasteiger partial charge on any atom is -0.486 e. The molecule has 0 aromatic heterocycles. The monoisotopic (exact) mass is 293 g/mol. The Kier molecular flexibility index (Phi) is 4.63. The van der Waals surface area contributed by atoms with Crippen LogP contribution >= 0.6 is 0 Å². The van der Waals surface area contributed by atoms with Gasteiger partial charge >= 0.3 is 0 Å². The minimum absolute atomic E-state index is 0.284. The standard InChI is InChI=1S/C16H23NO4/c1-2-13-10-17(5-6-19-13)11-14(18)12-3-4-15-16(9-12)21-8-7-20-15/h3-4,9,13-14,18H,2,5-8,10-11H2,1H3. The van der Waals surface area contributed by atoms with Crippen molar-refractivity contribution in [2.45, 2.75) is 25.6 Å². The molecule has 116 valence electrons. The lowest BCUT2D eigenvalue weighted by Crippen LogP contribution is -2.43. The van der Waals surface area contributed by atoms with Crippen molar-refractivity contribution in [1.29, 1.82) is 0 Å². The van der Waals surface area contributed by atoms with E-state index in [4.69, 9.17) is 14.2 Å². The van der Waals surface area contributed by atoms with E-state index in [1.54, 1.807) is 0 Å². The van der Waals surface area contributed by atoms with Gasteiger partial charge in [-0.1, -0.05) is 13.0 Å². The van der Waals surface area contributed by atoms with Gasteiger partial charge in [0.15, 0.2) is 11.5 Å². The van der Waals surface area contributed by atoms with Crippen molar-refractivity contribution < 1.29 is 19.3 Å². The van der Waals surface area contributed by atoms with E-state index in [2.05, 4.69) is 11.8 Å². The molecule has 2 unspecified atom stereocenters. The van der Waals surface area contributed by atoms with E-state index < -0.39 is 6.10 Å². The van der Waals surface area contributed by atoms with E-state index in [-0.39, 0.29) is 6.10 Å². The van der Waals surface area contributed by atoms with Crippen LogP contribution in [0.25, 0.3) is 0 Å². The molecule has 1 fully saturated rings. The number of rotatable bonds is 4. The molecule has 2 aliphatic rings. The largest absolute Gasteiger partial charge is 0.486 e. The van der Waals surface area contributed by atoms with Gasteiger partial charge in [0.2, 0.25) is 0 Å². The molecule has 1 saturated heterocycles. The van der Waals surface area contributed by atoms with Gasteiger partial charge in [-0.15, -0.1) is 0 Å². The molecule has 5 nitrogen and oxygen atoms in total. The third kappa shape index (κ3) is 3.48. The van der Waals surface area contributed by atoms with E-state index in [1.807, 2.05) is 18.2 Å². The van der Waals surface area contributed by atoms with Gasteiger partial charge in [0.05, 0.1) is 18.8 Å². The molecule has 0 bridgehead atoms. The smallest absolute Gasteiger partial charge is 0.161 e. The van der Waals surface area contributed by atoms with Crippen molar-refractivity contribution in [1.82, 2.24) is 4.90 Å². The molecule has 0 spiro atoms. The highest BCUT2D eigenvalue weighted by molar-refractivity contribution is 5.44. The number of morpholine rings is 1. The Hall–Kier alpha value is -1.30. The molecule has 2 atom stereocenters. The number of nitrogens with zero attached hydrogens (tertiary/aromatic N) is 1. The Morgan fingerprint density at radius 3 is 2.86 bits per heavy atom. The second kappa shape index (κ2) is 6.64. The molecule has 2 heterocycles. The summed E-state index contributed by atoms with van der Waals surface area (Å²) in [7, 11) is 0. The average molecular weight is 293 g/mol. The normalized spacial score (nSPS) is 23.8. The number of β-amino-alcohol motifs (C(OH)–C–C–N with tert-alkyl or cyclic N) is 1. The van der Waals surface area contributed by atoms with Crippen LogP contribution in [-0.2, 0) is 4.74 Å². The van der Waals surface area contributed by atoms with Crippen molar-refractivity contribution in [3.05, 3.63) is 23.8 Å². The van der Waals surface area contributed by atoms with Crippen LogP contribution in [0, 0.1) is 0 Å². The van der Waals surface area contributed by atoms with Gasteiger partial charge in [0.1, 0.15) is 13.2 Å². The van der Waals surface area contributed by atoms with Gasteiger partial charge in [0.25, 0.3) is 0 Å². The summed E-state index contributed by atoms with van der Waals surface area (Å²) in [4.78, 5) is 2.26. The number of aliphatic hydroxyl groups is 1. The zero-order valence-electron chi connectivity index (χ0n) is 12.5. The van der Waals surface area contributed by atoms with Gasteiger partial charge in [0, 0.05) is 19.6 Å². The van der Waals surface area contributed by atoms with Crippen molar-refractivity contribution in [3.63, 3.8) is 0 Å². The van der Waals surface area contributed by atoms with Gasteiger partial charge < -0.3 is 19.3 Å². The first kappa shape index (κ1) is 14.6. The Bertz CT molecular complexity index is 479. The van der Waals surface area contributed by atoms with Crippen LogP contribution in [0.4, 0.5) is 0 Å². The third-order valence-electron chi connectivity index (χ3n) is 4.06. The van der Waals surface area contributed by atoms with Gasteiger partial charge in [-0.2, -0.15) is 0 Å². The predicted molar refractivity (Wildman–Crippen MR) is 78.9 cm³/mol. The van der Waals surface area contributed by atoms with Gasteiger partial charge in [-0.25, -0.2) is 0 Å². The van der Waals surface area contributed by atoms with E-state index in [9.17, 15) is 5.11 Å². The zero-order valence-corrected chi connectivity index (χ0v) is 12.5. The molecule has 1 aromatic rings. The molecule has 2 aliphatic heterocycles. The van der Waals surface area contributed by atoms with E-state index in [0.29, 0.717) is 19.8 Å². The first-order valence-corrected chi connectivity index (χ1v) is 7.68. The fourth-order valence-electron chi connectivity index (χ4n) is 2.81. The van der Waals surface area contributed by atoms with E-state index >= 15 is 0 Å². The van der Waals surface area contributed by atoms with E-state index in [0.717, 1.165) is 43.2 Å². The van der Waals surface area contributed by atoms with Crippen LogP contribution in [0.1, 0.15) is 25.0 Å². The quantitative estimate of drug-likeness (QED) is 0.914. The summed E-state index contributed by atoms with van der Waals surface area (Å²) in [6.07, 6.45) is 0.777. The first-order valence-electron chi connectivity index (χ1n) is 7.68. The second-order valence-electron chi connectivity index (χ2n) is 5.58. The minimum atomic E-state index is -0.517. The maximum Gasteiger partial charge on any atom is 0.161 e. The lowest BCUT2D eigenvalue weighted by molar-refractivity contribution is -0.0418. The average Bonchev–Trinajstić information content (AvgIpc) is 2.54. The van der Waals surface area contributed by atoms with Crippen LogP contribution in [0.2, 0.25) is 0 Å². The topological polar surface area (TPSA) is 51.2 Å². The lowest BCUT2D eigenvalue weighted by atomic mass is 10.1. The van der Waals surface area contributed by atoms with Crippen LogP contribution < -0.4 is 9.47 Å². The Morgan fingerprint density at radius 2 is 2.05 bits per heavy atom. The lowest BCUT2D eigenvalue weighted by Gasteiger charge is -2.33. The van der Waals surface area contributed by atoms with Crippen LogP contribution in [-0.4, -0.2) is 55.6 Å². The molecule has 1 N–H and O–H groups in total. The molecule has 1 aromatic carbocycles. The van der Waals surface area contributed by atoms with Crippen molar-refractivity contribution in [3.8, 4) is 11.5 Å². The highest BCUT2D eigenvalue weighted by Gasteiger charge is 2.22. The summed E-state index contributed by atoms with van der Waals surface area (Å²) >= 11 is 0. The summed E-state index contributed by atoms with van der Waals surface area (Å²) < 4.78 is 16.7. The van der Waals surface area contributed by atoms with Crippen LogP contribution in [0.3, 0.4) is 0 Å². The zero-order chi connectivity index (χ0) is 14.7. The Morgan fingerprint density at radius 1 is 1.24 bits per heavy atom. The van der Waals surface area contributed by atoms with Crippen LogP contribution in [0.5, 0.6) is 11.5 Å². The fourth-order valence-corrected chi connectivity index (χ4v) is 2.81. The number of hydrogen-bond acceptors (Lipinski definition) is 5. The maximum absolute atomic E-state index is 10.5. The second-order valence-corrected chi connectivity index (χ2v) is 5.58.